The number of carbonyl (C=O) groups excluding carboxylic acids is 2. The van der Waals surface area contributed by atoms with Crippen LogP contribution in [0.4, 0.5) is 10.5 Å². The Morgan fingerprint density at radius 3 is 2.50 bits per heavy atom. The number of aliphatic hydroxyl groups excluding tert-OH is 1. The molecular formula is C14H21N3O3. The molecule has 0 saturated carbocycles. The van der Waals surface area contributed by atoms with E-state index in [1.165, 1.54) is 4.90 Å². The minimum absolute atomic E-state index is 0.139. The zero-order valence-corrected chi connectivity index (χ0v) is 12.0. The first-order valence-corrected chi connectivity index (χ1v) is 6.45. The third-order valence-electron chi connectivity index (χ3n) is 2.83. The smallest absolute Gasteiger partial charge is 0.322 e. The van der Waals surface area contributed by atoms with Crippen molar-refractivity contribution in [2.75, 3.05) is 11.9 Å². The van der Waals surface area contributed by atoms with Gasteiger partial charge in [-0.3, -0.25) is 4.79 Å². The second kappa shape index (κ2) is 6.91. The van der Waals surface area contributed by atoms with E-state index in [1.807, 2.05) is 0 Å². The van der Waals surface area contributed by atoms with E-state index < -0.39 is 18.0 Å². The highest BCUT2D eigenvalue weighted by atomic mass is 16.3. The molecule has 0 aliphatic carbocycles. The number of hydrogen-bond donors (Lipinski definition) is 3. The van der Waals surface area contributed by atoms with Crippen molar-refractivity contribution in [3.63, 3.8) is 0 Å². The first-order chi connectivity index (χ1) is 9.31. The van der Waals surface area contributed by atoms with Crippen LogP contribution >= 0.6 is 0 Å². The molecule has 1 atom stereocenters. The Kier molecular flexibility index (Phi) is 5.52. The van der Waals surface area contributed by atoms with Crippen molar-refractivity contribution in [3.05, 3.63) is 29.8 Å². The first-order valence-electron chi connectivity index (χ1n) is 6.45. The van der Waals surface area contributed by atoms with E-state index in [-0.39, 0.29) is 12.6 Å². The summed E-state index contributed by atoms with van der Waals surface area (Å²) in [5.41, 5.74) is 6.39. The molecule has 0 fully saturated rings. The Hall–Kier alpha value is -2.08. The van der Waals surface area contributed by atoms with Gasteiger partial charge in [-0.25, -0.2) is 4.79 Å². The molecule has 20 heavy (non-hydrogen) atoms. The first kappa shape index (κ1) is 16.0. The number of amides is 3. The monoisotopic (exact) mass is 279 g/mol. The highest BCUT2D eigenvalue weighted by Crippen LogP contribution is 2.17. The Labute approximate surface area is 118 Å². The van der Waals surface area contributed by atoms with E-state index in [0.717, 1.165) is 0 Å². The van der Waals surface area contributed by atoms with Crippen LogP contribution in [0.25, 0.3) is 0 Å². The molecule has 1 unspecified atom stereocenters. The lowest BCUT2D eigenvalue weighted by molar-refractivity contribution is -0.118. The molecule has 1 aromatic carbocycles. The topological polar surface area (TPSA) is 95.7 Å². The van der Waals surface area contributed by atoms with E-state index >= 15 is 0 Å². The number of nitrogens with zero attached hydrogens (tertiary/aromatic N) is 1. The summed E-state index contributed by atoms with van der Waals surface area (Å²) in [7, 11) is 0. The average molecular weight is 279 g/mol. The normalized spacial score (nSPS) is 12.1. The van der Waals surface area contributed by atoms with Gasteiger partial charge in [0.1, 0.15) is 6.54 Å². The quantitative estimate of drug-likeness (QED) is 0.761. The van der Waals surface area contributed by atoms with Crippen LogP contribution in [-0.4, -0.2) is 34.5 Å². The van der Waals surface area contributed by atoms with Gasteiger partial charge in [-0.05, 0) is 38.5 Å². The Morgan fingerprint density at radius 2 is 2.00 bits per heavy atom. The standard InChI is InChI=1S/C14H21N3O3/c1-9(2)17(8-13(15)19)14(20)16-12-6-4-5-11(7-12)10(3)18/h4-7,9-10,18H,8H2,1-3H3,(H2,15,19)(H,16,20). The fourth-order valence-electron chi connectivity index (χ4n) is 1.73. The molecule has 0 aliphatic heterocycles. The number of primary amides is 1. The SMILES string of the molecule is CC(O)c1cccc(NC(=O)N(CC(N)=O)C(C)C)c1. The highest BCUT2D eigenvalue weighted by molar-refractivity contribution is 5.92. The van der Waals surface area contributed by atoms with E-state index in [9.17, 15) is 14.7 Å². The Bertz CT molecular complexity index is 486. The summed E-state index contributed by atoms with van der Waals surface area (Å²) in [6.45, 7) is 5.11. The summed E-state index contributed by atoms with van der Waals surface area (Å²) in [6, 6.07) is 6.36. The summed E-state index contributed by atoms with van der Waals surface area (Å²) in [6.07, 6.45) is -0.612. The molecule has 1 rings (SSSR count). The van der Waals surface area contributed by atoms with Crippen molar-refractivity contribution < 1.29 is 14.7 Å². The number of benzene rings is 1. The maximum atomic E-state index is 12.1. The molecule has 6 nitrogen and oxygen atoms in total. The predicted octanol–water partition coefficient (Wildman–Crippen LogP) is 1.47. The summed E-state index contributed by atoms with van der Waals surface area (Å²) in [4.78, 5) is 24.4. The number of nitrogens with one attached hydrogen (secondary N) is 1. The van der Waals surface area contributed by atoms with Gasteiger partial charge in [0, 0.05) is 11.7 Å². The van der Waals surface area contributed by atoms with Gasteiger partial charge in [0.2, 0.25) is 5.91 Å². The minimum atomic E-state index is -0.612. The van der Waals surface area contributed by atoms with Gasteiger partial charge < -0.3 is 21.1 Å². The maximum Gasteiger partial charge on any atom is 0.322 e. The fourth-order valence-corrected chi connectivity index (χ4v) is 1.73. The van der Waals surface area contributed by atoms with Crippen molar-refractivity contribution >= 4 is 17.6 Å². The van der Waals surface area contributed by atoms with Gasteiger partial charge in [-0.1, -0.05) is 12.1 Å². The van der Waals surface area contributed by atoms with Crippen LogP contribution in [-0.2, 0) is 4.79 Å². The second-order valence-corrected chi connectivity index (χ2v) is 4.92. The molecule has 4 N–H and O–H groups in total. The van der Waals surface area contributed by atoms with E-state index in [4.69, 9.17) is 5.73 Å². The molecule has 3 amide bonds. The lowest BCUT2D eigenvalue weighted by atomic mass is 10.1. The summed E-state index contributed by atoms with van der Waals surface area (Å²) < 4.78 is 0. The minimum Gasteiger partial charge on any atom is -0.389 e. The van der Waals surface area contributed by atoms with Crippen LogP contribution in [0.15, 0.2) is 24.3 Å². The highest BCUT2D eigenvalue weighted by Gasteiger charge is 2.19. The van der Waals surface area contributed by atoms with Gasteiger partial charge >= 0.3 is 6.03 Å². The Morgan fingerprint density at radius 1 is 1.35 bits per heavy atom. The number of rotatable bonds is 5. The molecule has 0 aliphatic rings. The number of carbonyl (C=O) groups is 2. The molecule has 0 aromatic heterocycles. The number of hydrogen-bond acceptors (Lipinski definition) is 3. The van der Waals surface area contributed by atoms with Gasteiger partial charge in [0.15, 0.2) is 0 Å². The molecule has 0 heterocycles. The summed E-state index contributed by atoms with van der Waals surface area (Å²) >= 11 is 0. The van der Waals surface area contributed by atoms with Gasteiger partial charge in [0.25, 0.3) is 0 Å². The third-order valence-corrected chi connectivity index (χ3v) is 2.83. The molecule has 0 saturated heterocycles. The van der Waals surface area contributed by atoms with Crippen molar-refractivity contribution in [3.8, 4) is 0 Å². The molecule has 6 heteroatoms. The summed E-state index contributed by atoms with van der Waals surface area (Å²) in [5.74, 6) is -0.563. The van der Waals surface area contributed by atoms with E-state index in [1.54, 1.807) is 45.0 Å². The van der Waals surface area contributed by atoms with Crippen molar-refractivity contribution in [2.24, 2.45) is 5.73 Å². The fraction of sp³-hybridized carbons (Fsp3) is 0.429. The van der Waals surface area contributed by atoms with Crippen LogP contribution < -0.4 is 11.1 Å². The lowest BCUT2D eigenvalue weighted by Gasteiger charge is -2.25. The maximum absolute atomic E-state index is 12.1. The second-order valence-electron chi connectivity index (χ2n) is 4.92. The largest absolute Gasteiger partial charge is 0.389 e. The van der Waals surface area contributed by atoms with Crippen LogP contribution in [0.3, 0.4) is 0 Å². The van der Waals surface area contributed by atoms with Gasteiger partial charge in [-0.15, -0.1) is 0 Å². The number of nitrogens with two attached hydrogens (primary N) is 1. The molecule has 0 spiro atoms. The van der Waals surface area contributed by atoms with E-state index in [0.29, 0.717) is 11.3 Å². The zero-order valence-electron chi connectivity index (χ0n) is 12.0. The number of urea groups is 1. The number of aliphatic hydroxyl groups is 1. The molecule has 0 bridgehead atoms. The third kappa shape index (κ3) is 4.55. The summed E-state index contributed by atoms with van der Waals surface area (Å²) in [5, 5.41) is 12.2. The molecule has 0 radical (unpaired) electrons. The molecule has 110 valence electrons. The predicted molar refractivity (Wildman–Crippen MR) is 77.1 cm³/mol. The van der Waals surface area contributed by atoms with Crippen LogP contribution in [0.1, 0.15) is 32.4 Å². The number of anilines is 1. The van der Waals surface area contributed by atoms with Gasteiger partial charge in [0.05, 0.1) is 6.10 Å². The van der Waals surface area contributed by atoms with Crippen LogP contribution in [0.5, 0.6) is 0 Å². The van der Waals surface area contributed by atoms with E-state index in [2.05, 4.69) is 5.32 Å². The van der Waals surface area contributed by atoms with Crippen molar-refractivity contribution in [2.45, 2.75) is 32.9 Å². The zero-order chi connectivity index (χ0) is 15.3. The van der Waals surface area contributed by atoms with Crippen LogP contribution in [0.2, 0.25) is 0 Å². The van der Waals surface area contributed by atoms with Crippen molar-refractivity contribution in [1.82, 2.24) is 4.90 Å². The lowest BCUT2D eigenvalue weighted by Crippen LogP contribution is -2.44. The van der Waals surface area contributed by atoms with Gasteiger partial charge in [-0.2, -0.15) is 0 Å². The van der Waals surface area contributed by atoms with Crippen molar-refractivity contribution in [1.29, 1.82) is 0 Å². The Balaban J connectivity index is 2.82. The molecular weight excluding hydrogens is 258 g/mol. The van der Waals surface area contributed by atoms with Crippen LogP contribution in [0, 0.1) is 0 Å². The molecule has 1 aromatic rings. The average Bonchev–Trinajstić information content (AvgIpc) is 2.35.